The third kappa shape index (κ3) is 2.58. The Morgan fingerprint density at radius 2 is 2.29 bits per heavy atom. The number of hydrogen-bond donors (Lipinski definition) is 0. The van der Waals surface area contributed by atoms with Crippen molar-refractivity contribution in [3.63, 3.8) is 0 Å². The van der Waals surface area contributed by atoms with Gasteiger partial charge >= 0.3 is 0 Å². The standard InChI is InChI=1S/C12H14ClN/c13-8-2-1-3-10-4-7-12(14-9-10)11-5-6-11/h1,3-4,7,9,11H,2,5-6,8H2. The van der Waals surface area contributed by atoms with Gasteiger partial charge in [-0.15, -0.1) is 11.6 Å². The molecule has 1 aromatic heterocycles. The number of rotatable bonds is 4. The Hall–Kier alpha value is -0.820. The van der Waals surface area contributed by atoms with Gasteiger partial charge in [-0.3, -0.25) is 4.98 Å². The molecule has 0 bridgehead atoms. The Bertz CT molecular complexity index is 312. The number of nitrogens with zero attached hydrogens (tertiary/aromatic N) is 1. The predicted molar refractivity (Wildman–Crippen MR) is 60.6 cm³/mol. The highest BCUT2D eigenvalue weighted by atomic mass is 35.5. The van der Waals surface area contributed by atoms with E-state index in [9.17, 15) is 0 Å². The molecular weight excluding hydrogens is 194 g/mol. The summed E-state index contributed by atoms with van der Waals surface area (Å²) in [5.74, 6) is 1.43. The van der Waals surface area contributed by atoms with Gasteiger partial charge in [0.1, 0.15) is 0 Å². The number of alkyl halides is 1. The summed E-state index contributed by atoms with van der Waals surface area (Å²) in [5.41, 5.74) is 2.42. The molecule has 14 heavy (non-hydrogen) atoms. The summed E-state index contributed by atoms with van der Waals surface area (Å²) in [6.45, 7) is 0. The van der Waals surface area contributed by atoms with Crippen LogP contribution in [-0.2, 0) is 0 Å². The van der Waals surface area contributed by atoms with Crippen LogP contribution in [0.2, 0.25) is 0 Å². The molecule has 0 spiro atoms. The number of aromatic nitrogens is 1. The fraction of sp³-hybridized carbons (Fsp3) is 0.417. The molecule has 1 fully saturated rings. The van der Waals surface area contributed by atoms with Crippen LogP contribution in [0.3, 0.4) is 0 Å². The highest BCUT2D eigenvalue weighted by molar-refractivity contribution is 6.17. The van der Waals surface area contributed by atoms with Gasteiger partial charge in [0.25, 0.3) is 0 Å². The first kappa shape index (κ1) is 9.72. The van der Waals surface area contributed by atoms with E-state index in [0.717, 1.165) is 12.3 Å². The molecule has 0 atom stereocenters. The van der Waals surface area contributed by atoms with Gasteiger partial charge in [0.2, 0.25) is 0 Å². The maximum atomic E-state index is 5.58. The Morgan fingerprint density at radius 1 is 1.43 bits per heavy atom. The Balaban J connectivity index is 1.98. The second-order valence-corrected chi connectivity index (χ2v) is 4.05. The summed E-state index contributed by atoms with van der Waals surface area (Å²) < 4.78 is 0. The van der Waals surface area contributed by atoms with Gasteiger partial charge in [0, 0.05) is 23.7 Å². The quantitative estimate of drug-likeness (QED) is 0.688. The average Bonchev–Trinajstić information content (AvgIpc) is 3.03. The lowest BCUT2D eigenvalue weighted by molar-refractivity contribution is 1.02. The van der Waals surface area contributed by atoms with E-state index in [0.29, 0.717) is 5.88 Å². The zero-order valence-electron chi connectivity index (χ0n) is 8.12. The summed E-state index contributed by atoms with van der Waals surface area (Å²) in [5, 5.41) is 0. The van der Waals surface area contributed by atoms with Crippen molar-refractivity contribution in [2.45, 2.75) is 25.2 Å². The molecule has 1 saturated carbocycles. The van der Waals surface area contributed by atoms with Crippen molar-refractivity contribution in [3.05, 3.63) is 35.7 Å². The molecule has 0 aliphatic heterocycles. The minimum Gasteiger partial charge on any atom is -0.260 e. The Morgan fingerprint density at radius 3 is 2.86 bits per heavy atom. The van der Waals surface area contributed by atoms with E-state index in [1.807, 2.05) is 6.20 Å². The molecule has 1 heterocycles. The number of hydrogen-bond acceptors (Lipinski definition) is 1. The first-order valence-corrected chi connectivity index (χ1v) is 5.62. The van der Waals surface area contributed by atoms with Crippen molar-refractivity contribution < 1.29 is 0 Å². The molecule has 1 aliphatic rings. The van der Waals surface area contributed by atoms with Crippen LogP contribution in [0, 0.1) is 0 Å². The van der Waals surface area contributed by atoms with Gasteiger partial charge in [-0.2, -0.15) is 0 Å². The van der Waals surface area contributed by atoms with Crippen molar-refractivity contribution in [2.24, 2.45) is 0 Å². The van der Waals surface area contributed by atoms with Crippen molar-refractivity contribution >= 4 is 17.7 Å². The van der Waals surface area contributed by atoms with Crippen LogP contribution < -0.4 is 0 Å². The first-order valence-electron chi connectivity index (χ1n) is 5.08. The molecule has 74 valence electrons. The largest absolute Gasteiger partial charge is 0.260 e. The van der Waals surface area contributed by atoms with Crippen LogP contribution in [0.25, 0.3) is 6.08 Å². The number of halogens is 1. The smallest absolute Gasteiger partial charge is 0.0434 e. The minimum atomic E-state index is 0.685. The molecule has 1 aromatic rings. The van der Waals surface area contributed by atoms with Crippen molar-refractivity contribution in [2.75, 3.05) is 5.88 Å². The normalized spacial score (nSPS) is 16.4. The average molecular weight is 208 g/mol. The van der Waals surface area contributed by atoms with E-state index in [1.54, 1.807) is 0 Å². The van der Waals surface area contributed by atoms with Gasteiger partial charge in [0.15, 0.2) is 0 Å². The highest BCUT2D eigenvalue weighted by Gasteiger charge is 2.24. The lowest BCUT2D eigenvalue weighted by Crippen LogP contribution is -1.85. The number of allylic oxidation sites excluding steroid dienone is 1. The summed E-state index contributed by atoms with van der Waals surface area (Å²) in [7, 11) is 0. The van der Waals surface area contributed by atoms with E-state index in [1.165, 1.54) is 24.1 Å². The SMILES string of the molecule is ClCCC=Cc1ccc(C2CC2)nc1. The topological polar surface area (TPSA) is 12.9 Å². The van der Waals surface area contributed by atoms with Gasteiger partial charge < -0.3 is 0 Å². The van der Waals surface area contributed by atoms with Crippen molar-refractivity contribution in [1.82, 2.24) is 4.98 Å². The van der Waals surface area contributed by atoms with Gasteiger partial charge in [-0.05, 0) is 30.9 Å². The van der Waals surface area contributed by atoms with Gasteiger partial charge in [-0.25, -0.2) is 0 Å². The second-order valence-electron chi connectivity index (χ2n) is 3.67. The molecule has 0 saturated heterocycles. The molecule has 0 amide bonds. The molecule has 2 rings (SSSR count). The summed E-state index contributed by atoms with van der Waals surface area (Å²) in [4.78, 5) is 4.44. The summed E-state index contributed by atoms with van der Waals surface area (Å²) in [6.07, 6.45) is 9.65. The molecular formula is C12H14ClN. The van der Waals surface area contributed by atoms with Crippen molar-refractivity contribution in [3.8, 4) is 0 Å². The minimum absolute atomic E-state index is 0.685. The van der Waals surface area contributed by atoms with Crippen molar-refractivity contribution in [1.29, 1.82) is 0 Å². The van der Waals surface area contributed by atoms with E-state index >= 15 is 0 Å². The maximum Gasteiger partial charge on any atom is 0.0434 e. The fourth-order valence-electron chi connectivity index (χ4n) is 1.42. The molecule has 0 N–H and O–H groups in total. The van der Waals surface area contributed by atoms with Crippen LogP contribution in [0.4, 0.5) is 0 Å². The molecule has 0 radical (unpaired) electrons. The van der Waals surface area contributed by atoms with E-state index in [2.05, 4.69) is 29.3 Å². The second kappa shape index (κ2) is 4.61. The third-order valence-corrected chi connectivity index (χ3v) is 2.61. The zero-order valence-corrected chi connectivity index (χ0v) is 8.87. The number of pyridine rings is 1. The van der Waals surface area contributed by atoms with Crippen LogP contribution in [0.15, 0.2) is 24.4 Å². The van der Waals surface area contributed by atoms with E-state index in [4.69, 9.17) is 11.6 Å². The van der Waals surface area contributed by atoms with E-state index < -0.39 is 0 Å². The van der Waals surface area contributed by atoms with Crippen LogP contribution in [0.5, 0.6) is 0 Å². The van der Waals surface area contributed by atoms with Crippen LogP contribution in [0.1, 0.15) is 36.4 Å². The van der Waals surface area contributed by atoms with Crippen LogP contribution >= 0.6 is 11.6 Å². The fourth-order valence-corrected chi connectivity index (χ4v) is 1.54. The first-order chi connectivity index (χ1) is 6.90. The summed E-state index contributed by atoms with van der Waals surface area (Å²) >= 11 is 5.58. The Kier molecular flexibility index (Phi) is 3.20. The summed E-state index contributed by atoms with van der Waals surface area (Å²) in [6, 6.07) is 4.27. The molecule has 1 nitrogen and oxygen atoms in total. The molecule has 2 heteroatoms. The zero-order chi connectivity index (χ0) is 9.80. The lowest BCUT2D eigenvalue weighted by Gasteiger charge is -1.97. The highest BCUT2D eigenvalue weighted by Crippen LogP contribution is 2.38. The lowest BCUT2D eigenvalue weighted by atomic mass is 10.2. The maximum absolute atomic E-state index is 5.58. The molecule has 0 aromatic carbocycles. The van der Waals surface area contributed by atoms with E-state index in [-0.39, 0.29) is 0 Å². The molecule has 0 unspecified atom stereocenters. The predicted octanol–water partition coefficient (Wildman–Crippen LogP) is 3.60. The van der Waals surface area contributed by atoms with Gasteiger partial charge in [0.05, 0.1) is 0 Å². The monoisotopic (exact) mass is 207 g/mol. The third-order valence-electron chi connectivity index (χ3n) is 2.39. The van der Waals surface area contributed by atoms with Crippen LogP contribution in [-0.4, -0.2) is 10.9 Å². The Labute approximate surface area is 89.8 Å². The molecule has 1 aliphatic carbocycles. The van der Waals surface area contributed by atoms with Gasteiger partial charge in [-0.1, -0.05) is 18.2 Å².